The highest BCUT2D eigenvalue weighted by Gasteiger charge is 2.39. The molecule has 1 amide bonds. The third-order valence-electron chi connectivity index (χ3n) is 4.16. The van der Waals surface area contributed by atoms with Crippen LogP contribution in [-0.2, 0) is 11.3 Å². The van der Waals surface area contributed by atoms with Gasteiger partial charge in [-0.3, -0.25) is 4.90 Å². The number of hydrogen-bond donors (Lipinski definition) is 0. The third kappa shape index (κ3) is 4.36. The number of hydrogen-bond acceptors (Lipinski definition) is 2. The van der Waals surface area contributed by atoms with Crippen LogP contribution in [0.15, 0.2) is 42.5 Å². The number of carbonyl (C=O) groups excluding carboxylic acids is 1. The van der Waals surface area contributed by atoms with E-state index < -0.39 is 0 Å². The number of carbonyl (C=O) groups is 1. The van der Waals surface area contributed by atoms with Gasteiger partial charge in [-0.1, -0.05) is 68.7 Å². The van der Waals surface area contributed by atoms with Gasteiger partial charge < -0.3 is 4.74 Å². The van der Waals surface area contributed by atoms with Gasteiger partial charge in [0.15, 0.2) is 0 Å². The lowest BCUT2D eigenvalue weighted by Crippen LogP contribution is -2.34. The third-order valence-corrected chi connectivity index (χ3v) is 4.16. The van der Waals surface area contributed by atoms with Gasteiger partial charge in [-0.15, -0.1) is 0 Å². The predicted molar refractivity (Wildman–Crippen MR) is 89.6 cm³/mol. The van der Waals surface area contributed by atoms with Gasteiger partial charge in [0.25, 0.3) is 0 Å². The smallest absolute Gasteiger partial charge is 0.411 e. The molecule has 0 spiro atoms. The Labute approximate surface area is 134 Å². The van der Waals surface area contributed by atoms with Gasteiger partial charge in [-0.2, -0.15) is 0 Å². The molecule has 1 saturated heterocycles. The van der Waals surface area contributed by atoms with E-state index in [2.05, 4.69) is 25.1 Å². The first kappa shape index (κ1) is 16.6. The maximum absolute atomic E-state index is 12.2. The lowest BCUT2D eigenvalue weighted by molar-refractivity contribution is 0.125. The van der Waals surface area contributed by atoms with Crippen molar-refractivity contribution in [2.45, 2.75) is 64.6 Å². The topological polar surface area (TPSA) is 29.5 Å². The highest BCUT2D eigenvalue weighted by molar-refractivity contribution is 5.71. The largest absolute Gasteiger partial charge is 0.444 e. The van der Waals surface area contributed by atoms with Gasteiger partial charge in [0, 0.05) is 6.54 Å². The second kappa shape index (κ2) is 8.62. The normalized spacial score (nSPS) is 21.5. The first-order chi connectivity index (χ1) is 10.8. The Morgan fingerprint density at radius 3 is 2.64 bits per heavy atom. The van der Waals surface area contributed by atoms with Crippen LogP contribution in [0.25, 0.3) is 0 Å². The van der Waals surface area contributed by atoms with Crippen LogP contribution in [0.4, 0.5) is 4.79 Å². The molecule has 22 heavy (non-hydrogen) atoms. The minimum Gasteiger partial charge on any atom is -0.444 e. The van der Waals surface area contributed by atoms with Crippen molar-refractivity contribution in [3.63, 3.8) is 0 Å². The molecule has 0 aromatic heterocycles. The van der Waals surface area contributed by atoms with E-state index in [-0.39, 0.29) is 18.2 Å². The lowest BCUT2D eigenvalue weighted by Gasteiger charge is -2.22. The molecule has 3 heteroatoms. The van der Waals surface area contributed by atoms with Gasteiger partial charge in [0.1, 0.15) is 6.10 Å². The van der Waals surface area contributed by atoms with Gasteiger partial charge in [0.05, 0.1) is 6.04 Å². The summed E-state index contributed by atoms with van der Waals surface area (Å²) in [6, 6.07) is 10.2. The van der Waals surface area contributed by atoms with Crippen LogP contribution in [0.1, 0.15) is 51.5 Å². The summed E-state index contributed by atoms with van der Waals surface area (Å²) in [6.45, 7) is 4.82. The van der Waals surface area contributed by atoms with Crippen molar-refractivity contribution in [1.82, 2.24) is 4.90 Å². The van der Waals surface area contributed by atoms with Gasteiger partial charge in [-0.05, 0) is 25.3 Å². The summed E-state index contributed by atoms with van der Waals surface area (Å²) in [5.41, 5.74) is 1.14. The Bertz CT molecular complexity index is 483. The van der Waals surface area contributed by atoms with E-state index in [0.29, 0.717) is 6.54 Å². The van der Waals surface area contributed by atoms with Crippen molar-refractivity contribution in [3.8, 4) is 0 Å². The molecule has 1 aliphatic rings. The van der Waals surface area contributed by atoms with Crippen LogP contribution in [0.5, 0.6) is 0 Å². The molecule has 1 heterocycles. The van der Waals surface area contributed by atoms with E-state index in [9.17, 15) is 4.79 Å². The molecule has 0 radical (unpaired) electrons. The van der Waals surface area contributed by atoms with Crippen molar-refractivity contribution >= 4 is 6.09 Å². The molecule has 1 fully saturated rings. The van der Waals surface area contributed by atoms with Gasteiger partial charge in [0.2, 0.25) is 0 Å². The fourth-order valence-electron chi connectivity index (χ4n) is 2.97. The molecule has 0 N–H and O–H groups in total. The molecular formula is C19H27NO2. The highest BCUT2D eigenvalue weighted by atomic mass is 16.6. The van der Waals surface area contributed by atoms with Crippen LogP contribution in [0.2, 0.25) is 0 Å². The molecule has 0 unspecified atom stereocenters. The molecule has 2 atom stereocenters. The lowest BCUT2D eigenvalue weighted by atomic mass is 10.0. The van der Waals surface area contributed by atoms with E-state index in [0.717, 1.165) is 18.4 Å². The van der Waals surface area contributed by atoms with Crippen LogP contribution < -0.4 is 0 Å². The predicted octanol–water partition coefficient (Wildman–Crippen LogP) is 4.92. The van der Waals surface area contributed by atoms with E-state index in [1.54, 1.807) is 0 Å². The van der Waals surface area contributed by atoms with E-state index in [4.69, 9.17) is 4.74 Å². The first-order valence-electron chi connectivity index (χ1n) is 8.40. The second-order valence-corrected chi connectivity index (χ2v) is 5.90. The summed E-state index contributed by atoms with van der Waals surface area (Å²) >= 11 is 0. The SMILES string of the molecule is C/C=C/[C@H]1[C@H](CCCCCC)OC(=O)N1Cc1ccccc1. The Hall–Kier alpha value is -1.77. The number of allylic oxidation sites excluding steroid dienone is 1. The van der Waals surface area contributed by atoms with Crippen molar-refractivity contribution in [3.05, 3.63) is 48.0 Å². The summed E-state index contributed by atoms with van der Waals surface area (Å²) in [6.07, 6.45) is 9.68. The number of amides is 1. The van der Waals surface area contributed by atoms with E-state index in [1.807, 2.05) is 36.1 Å². The Kier molecular flexibility index (Phi) is 6.50. The number of cyclic esters (lactones) is 1. The number of nitrogens with zero attached hydrogens (tertiary/aromatic N) is 1. The molecule has 0 saturated carbocycles. The van der Waals surface area contributed by atoms with Crippen LogP contribution in [-0.4, -0.2) is 23.1 Å². The zero-order valence-electron chi connectivity index (χ0n) is 13.7. The zero-order valence-corrected chi connectivity index (χ0v) is 13.7. The fourth-order valence-corrected chi connectivity index (χ4v) is 2.97. The summed E-state index contributed by atoms with van der Waals surface area (Å²) in [4.78, 5) is 14.1. The summed E-state index contributed by atoms with van der Waals surface area (Å²) in [5, 5.41) is 0. The summed E-state index contributed by atoms with van der Waals surface area (Å²) in [7, 11) is 0. The molecule has 3 nitrogen and oxygen atoms in total. The average Bonchev–Trinajstić information content (AvgIpc) is 2.82. The number of unbranched alkanes of at least 4 members (excludes halogenated alkanes) is 3. The Balaban J connectivity index is 2.00. The van der Waals surface area contributed by atoms with Crippen molar-refractivity contribution in [2.75, 3.05) is 0 Å². The minimum absolute atomic E-state index is 0.00994. The second-order valence-electron chi connectivity index (χ2n) is 5.90. The van der Waals surface area contributed by atoms with Gasteiger partial charge >= 0.3 is 6.09 Å². The van der Waals surface area contributed by atoms with Crippen molar-refractivity contribution in [1.29, 1.82) is 0 Å². The minimum atomic E-state index is -0.188. The van der Waals surface area contributed by atoms with Crippen LogP contribution in [0.3, 0.4) is 0 Å². The average molecular weight is 301 g/mol. The number of ether oxygens (including phenoxy) is 1. The molecule has 0 aliphatic carbocycles. The molecule has 1 aromatic carbocycles. The maximum atomic E-state index is 12.2. The van der Waals surface area contributed by atoms with Crippen LogP contribution in [0, 0.1) is 0 Å². The summed E-state index contributed by atoms with van der Waals surface area (Å²) in [5.74, 6) is 0. The number of rotatable bonds is 8. The molecular weight excluding hydrogens is 274 g/mol. The maximum Gasteiger partial charge on any atom is 0.411 e. The molecule has 2 rings (SSSR count). The molecule has 0 bridgehead atoms. The van der Waals surface area contributed by atoms with E-state index in [1.165, 1.54) is 19.3 Å². The first-order valence-corrected chi connectivity index (χ1v) is 8.40. The monoisotopic (exact) mass is 301 g/mol. The molecule has 1 aromatic rings. The fraction of sp³-hybridized carbons (Fsp3) is 0.526. The Morgan fingerprint density at radius 1 is 1.18 bits per heavy atom. The van der Waals surface area contributed by atoms with Crippen molar-refractivity contribution in [2.24, 2.45) is 0 Å². The highest BCUT2D eigenvalue weighted by Crippen LogP contribution is 2.27. The quantitative estimate of drug-likeness (QED) is 0.503. The van der Waals surface area contributed by atoms with E-state index >= 15 is 0 Å². The van der Waals surface area contributed by atoms with Crippen LogP contribution >= 0.6 is 0 Å². The number of benzene rings is 1. The van der Waals surface area contributed by atoms with Gasteiger partial charge in [-0.25, -0.2) is 4.79 Å². The Morgan fingerprint density at radius 2 is 1.95 bits per heavy atom. The van der Waals surface area contributed by atoms with Crippen molar-refractivity contribution < 1.29 is 9.53 Å². The summed E-state index contributed by atoms with van der Waals surface area (Å²) < 4.78 is 5.63. The molecule has 1 aliphatic heterocycles. The zero-order chi connectivity index (χ0) is 15.8. The molecule has 120 valence electrons. The standard InChI is InChI=1S/C19H27NO2/c1-3-5-6-10-14-18-17(11-4-2)20(19(21)22-18)15-16-12-8-7-9-13-16/h4,7-9,11-13,17-18H,3,5-6,10,14-15H2,1-2H3/b11-4+/t17-,18-/m0/s1.